The average molecular weight is 345 g/mol. The topological polar surface area (TPSA) is 59.1 Å². The zero-order chi connectivity index (χ0) is 13.9. The van der Waals surface area contributed by atoms with Gasteiger partial charge in [-0.15, -0.1) is 0 Å². The van der Waals surface area contributed by atoms with Crippen LogP contribution in [0, 0.1) is 5.82 Å². The lowest BCUT2D eigenvalue weighted by atomic mass is 10.2. The molecule has 0 unspecified atom stereocenters. The number of rotatable bonds is 4. The van der Waals surface area contributed by atoms with Crippen molar-refractivity contribution < 1.29 is 12.8 Å². The van der Waals surface area contributed by atoms with E-state index in [0.29, 0.717) is 10.0 Å². The number of hydrogen-bond donors (Lipinski definition) is 1. The van der Waals surface area contributed by atoms with Gasteiger partial charge in [-0.1, -0.05) is 12.1 Å². The molecule has 19 heavy (non-hydrogen) atoms. The van der Waals surface area contributed by atoms with Gasteiger partial charge in [0, 0.05) is 23.4 Å². The van der Waals surface area contributed by atoms with Gasteiger partial charge < -0.3 is 0 Å². The second kappa shape index (κ2) is 5.77. The van der Waals surface area contributed by atoms with Gasteiger partial charge in [0.1, 0.15) is 10.7 Å². The van der Waals surface area contributed by atoms with Crippen LogP contribution in [0.25, 0.3) is 0 Å². The number of nitrogens with zero attached hydrogens (tertiary/aromatic N) is 1. The van der Waals surface area contributed by atoms with Crippen LogP contribution in [0.3, 0.4) is 0 Å². The van der Waals surface area contributed by atoms with Crippen molar-refractivity contribution in [2.24, 2.45) is 0 Å². The third kappa shape index (κ3) is 3.82. The van der Waals surface area contributed by atoms with Crippen LogP contribution in [0.1, 0.15) is 5.56 Å². The lowest BCUT2D eigenvalue weighted by Gasteiger charge is -2.07. The molecule has 0 saturated carbocycles. The quantitative estimate of drug-likeness (QED) is 0.926. The van der Waals surface area contributed by atoms with Crippen molar-refractivity contribution in [1.29, 1.82) is 0 Å². The number of nitrogens with one attached hydrogen (secondary N) is 1. The Morgan fingerprint density at radius 1 is 1.26 bits per heavy atom. The molecule has 100 valence electrons. The lowest BCUT2D eigenvalue weighted by Crippen LogP contribution is -2.23. The maximum absolute atomic E-state index is 13.0. The van der Waals surface area contributed by atoms with Gasteiger partial charge in [0.05, 0.1) is 0 Å². The minimum absolute atomic E-state index is 0.0204. The summed E-state index contributed by atoms with van der Waals surface area (Å²) in [6.07, 6.45) is 2.74. The van der Waals surface area contributed by atoms with Crippen molar-refractivity contribution in [3.05, 3.63) is 58.6 Å². The summed E-state index contributed by atoms with van der Waals surface area (Å²) in [5.74, 6) is -0.402. The summed E-state index contributed by atoms with van der Waals surface area (Å²) in [4.78, 5) is 3.85. The molecule has 4 nitrogen and oxygen atoms in total. The van der Waals surface area contributed by atoms with E-state index in [-0.39, 0.29) is 11.4 Å². The van der Waals surface area contributed by atoms with Crippen LogP contribution in [0.4, 0.5) is 4.39 Å². The largest absolute Gasteiger partial charge is 0.262 e. The normalized spacial score (nSPS) is 11.5. The summed E-state index contributed by atoms with van der Waals surface area (Å²) in [6, 6.07) is 7.20. The molecule has 2 aromatic rings. The smallest absolute Gasteiger partial charge is 0.242 e. The maximum Gasteiger partial charge on any atom is 0.242 e. The first-order valence-electron chi connectivity index (χ1n) is 5.32. The van der Waals surface area contributed by atoms with E-state index >= 15 is 0 Å². The van der Waals surface area contributed by atoms with Gasteiger partial charge in [-0.25, -0.2) is 17.5 Å². The molecule has 0 aliphatic carbocycles. The van der Waals surface area contributed by atoms with Crippen LogP contribution in [-0.2, 0) is 16.6 Å². The van der Waals surface area contributed by atoms with Gasteiger partial charge in [-0.2, -0.15) is 0 Å². The van der Waals surface area contributed by atoms with Gasteiger partial charge in [0.2, 0.25) is 10.0 Å². The Balaban J connectivity index is 2.14. The van der Waals surface area contributed by atoms with Crippen molar-refractivity contribution in [2.75, 3.05) is 0 Å². The Morgan fingerprint density at radius 3 is 2.74 bits per heavy atom. The predicted octanol–water partition coefficient (Wildman–Crippen LogP) is 2.46. The van der Waals surface area contributed by atoms with Crippen LogP contribution >= 0.6 is 15.9 Å². The molecule has 0 atom stereocenters. The van der Waals surface area contributed by atoms with Crippen molar-refractivity contribution in [3.8, 4) is 0 Å². The van der Waals surface area contributed by atoms with Crippen molar-refractivity contribution in [2.45, 2.75) is 11.4 Å². The highest BCUT2D eigenvalue weighted by Crippen LogP contribution is 2.14. The molecule has 0 aliphatic rings. The Labute approximate surface area is 118 Å². The fraction of sp³-hybridized carbons (Fsp3) is 0.0833. The van der Waals surface area contributed by atoms with Gasteiger partial charge in [-0.3, -0.25) is 4.98 Å². The Bertz CT molecular complexity index is 692. The van der Waals surface area contributed by atoms with Crippen LogP contribution in [0.2, 0.25) is 0 Å². The predicted molar refractivity (Wildman–Crippen MR) is 72.4 cm³/mol. The highest BCUT2D eigenvalue weighted by molar-refractivity contribution is 9.10. The first kappa shape index (κ1) is 14.1. The maximum atomic E-state index is 13.0. The summed E-state index contributed by atoms with van der Waals surface area (Å²) in [5, 5.41) is 0. The third-order valence-electron chi connectivity index (χ3n) is 2.35. The third-order valence-corrected chi connectivity index (χ3v) is 4.15. The number of hydrogen-bond acceptors (Lipinski definition) is 3. The highest BCUT2D eigenvalue weighted by atomic mass is 79.9. The van der Waals surface area contributed by atoms with Crippen molar-refractivity contribution >= 4 is 26.0 Å². The Morgan fingerprint density at radius 2 is 2.05 bits per heavy atom. The minimum atomic E-state index is -3.66. The fourth-order valence-corrected chi connectivity index (χ4v) is 2.97. The fourth-order valence-electron chi connectivity index (χ4n) is 1.45. The molecule has 0 amide bonds. The molecular weight excluding hydrogens is 335 g/mol. The van der Waals surface area contributed by atoms with Gasteiger partial charge >= 0.3 is 0 Å². The number of sulfonamides is 1. The minimum Gasteiger partial charge on any atom is -0.262 e. The van der Waals surface area contributed by atoms with Gasteiger partial charge in [0.15, 0.2) is 0 Å². The molecule has 7 heteroatoms. The van der Waals surface area contributed by atoms with E-state index in [1.165, 1.54) is 36.7 Å². The van der Waals surface area contributed by atoms with Gasteiger partial charge in [-0.05, 0) is 39.7 Å². The molecule has 1 heterocycles. The summed E-state index contributed by atoms with van der Waals surface area (Å²) in [5.41, 5.74) is 0.548. The second-order valence-corrected chi connectivity index (χ2v) is 6.48. The van der Waals surface area contributed by atoms with E-state index in [1.54, 1.807) is 6.07 Å². The summed E-state index contributed by atoms with van der Waals surface area (Å²) in [6.45, 7) is 0.0204. The van der Waals surface area contributed by atoms with E-state index in [2.05, 4.69) is 25.6 Å². The van der Waals surface area contributed by atoms with Crippen LogP contribution in [-0.4, -0.2) is 13.4 Å². The average Bonchev–Trinajstić information content (AvgIpc) is 2.37. The summed E-state index contributed by atoms with van der Waals surface area (Å²) >= 11 is 3.16. The second-order valence-electron chi connectivity index (χ2n) is 3.79. The Hall–Kier alpha value is -1.31. The molecule has 0 spiro atoms. The molecule has 0 fully saturated rings. The monoisotopic (exact) mass is 344 g/mol. The number of benzene rings is 1. The summed E-state index contributed by atoms with van der Waals surface area (Å²) < 4.78 is 39.9. The number of pyridine rings is 1. The molecule has 0 radical (unpaired) electrons. The molecule has 2 rings (SSSR count). The zero-order valence-electron chi connectivity index (χ0n) is 9.68. The first-order chi connectivity index (χ1) is 8.97. The molecule has 1 aromatic heterocycles. The van der Waals surface area contributed by atoms with E-state index in [1.807, 2.05) is 0 Å². The van der Waals surface area contributed by atoms with E-state index < -0.39 is 15.8 Å². The lowest BCUT2D eigenvalue weighted by molar-refractivity contribution is 0.579. The standard InChI is InChI=1S/C12H10BrFN2O2S/c13-10-5-12(8-15-7-10)19(17,18)16-6-9-2-1-3-11(14)4-9/h1-5,7-8,16H,6H2. The van der Waals surface area contributed by atoms with E-state index in [9.17, 15) is 12.8 Å². The highest BCUT2D eigenvalue weighted by Gasteiger charge is 2.14. The van der Waals surface area contributed by atoms with Crippen LogP contribution in [0.15, 0.2) is 52.1 Å². The van der Waals surface area contributed by atoms with Crippen molar-refractivity contribution in [1.82, 2.24) is 9.71 Å². The summed E-state index contributed by atoms with van der Waals surface area (Å²) in [7, 11) is -3.66. The molecule has 0 bridgehead atoms. The van der Waals surface area contributed by atoms with Crippen LogP contribution < -0.4 is 4.72 Å². The van der Waals surface area contributed by atoms with Crippen molar-refractivity contribution in [3.63, 3.8) is 0 Å². The molecule has 1 N–H and O–H groups in total. The number of aromatic nitrogens is 1. The molecule has 0 saturated heterocycles. The molecular formula is C12H10BrFN2O2S. The van der Waals surface area contributed by atoms with Gasteiger partial charge in [0.25, 0.3) is 0 Å². The number of halogens is 2. The molecule has 0 aliphatic heterocycles. The Kier molecular flexibility index (Phi) is 4.28. The zero-order valence-corrected chi connectivity index (χ0v) is 12.1. The van der Waals surface area contributed by atoms with Crippen LogP contribution in [0.5, 0.6) is 0 Å². The SMILES string of the molecule is O=S(=O)(NCc1cccc(F)c1)c1cncc(Br)c1. The van der Waals surface area contributed by atoms with E-state index in [4.69, 9.17) is 0 Å². The molecule has 1 aromatic carbocycles. The first-order valence-corrected chi connectivity index (χ1v) is 7.60. The van der Waals surface area contributed by atoms with E-state index in [0.717, 1.165) is 0 Å².